The molecule has 0 aromatic heterocycles. The van der Waals surface area contributed by atoms with Crippen molar-refractivity contribution < 1.29 is 9.59 Å². The Morgan fingerprint density at radius 2 is 1.82 bits per heavy atom. The molecular weight excluding hydrogens is 218 g/mol. The minimum Gasteiger partial charge on any atom is -0.314 e. The Hall–Kier alpha value is -0.940. The molecule has 5 nitrogen and oxygen atoms in total. The van der Waals surface area contributed by atoms with Crippen LogP contribution in [-0.4, -0.2) is 48.5 Å². The Kier molecular flexibility index (Phi) is 4.50. The summed E-state index contributed by atoms with van der Waals surface area (Å²) < 4.78 is 0. The third-order valence-corrected chi connectivity index (χ3v) is 3.68. The number of hydrogen-bond acceptors (Lipinski definition) is 4. The third-order valence-electron chi connectivity index (χ3n) is 3.68. The van der Waals surface area contributed by atoms with E-state index < -0.39 is 0 Å². The van der Waals surface area contributed by atoms with Gasteiger partial charge in [0.05, 0.1) is 0 Å². The van der Waals surface area contributed by atoms with Crippen LogP contribution in [0, 0.1) is 5.92 Å². The van der Waals surface area contributed by atoms with Crippen molar-refractivity contribution in [1.29, 1.82) is 0 Å². The zero-order valence-electron chi connectivity index (χ0n) is 10.2. The van der Waals surface area contributed by atoms with E-state index in [1.54, 1.807) is 0 Å². The molecule has 96 valence electrons. The molecule has 0 atom stereocenters. The van der Waals surface area contributed by atoms with Crippen LogP contribution in [0.2, 0.25) is 0 Å². The van der Waals surface area contributed by atoms with E-state index in [-0.39, 0.29) is 11.8 Å². The van der Waals surface area contributed by atoms with Crippen molar-refractivity contribution in [2.75, 3.05) is 26.2 Å². The highest BCUT2D eigenvalue weighted by atomic mass is 16.2. The summed E-state index contributed by atoms with van der Waals surface area (Å²) in [5.41, 5.74) is 0. The number of imide groups is 1. The monoisotopic (exact) mass is 239 g/mol. The highest BCUT2D eigenvalue weighted by Crippen LogP contribution is 2.25. The summed E-state index contributed by atoms with van der Waals surface area (Å²) in [7, 11) is 0. The number of rotatable bonds is 3. The fourth-order valence-corrected chi connectivity index (χ4v) is 2.66. The Morgan fingerprint density at radius 1 is 1.18 bits per heavy atom. The van der Waals surface area contributed by atoms with Gasteiger partial charge in [-0.15, -0.1) is 0 Å². The van der Waals surface area contributed by atoms with Crippen LogP contribution in [0.1, 0.15) is 32.1 Å². The summed E-state index contributed by atoms with van der Waals surface area (Å²) in [6, 6.07) is 0. The first-order valence-corrected chi connectivity index (χ1v) is 6.57. The molecular formula is C12H21N3O2. The number of carbonyl (C=O) groups is 2. The second kappa shape index (κ2) is 6.12. The molecule has 1 heterocycles. The van der Waals surface area contributed by atoms with Crippen molar-refractivity contribution in [2.45, 2.75) is 32.1 Å². The van der Waals surface area contributed by atoms with Gasteiger partial charge < -0.3 is 5.32 Å². The fourth-order valence-electron chi connectivity index (χ4n) is 2.66. The molecule has 0 spiro atoms. The number of hydrogen-bond donors (Lipinski definition) is 1. The topological polar surface area (TPSA) is 52.7 Å². The van der Waals surface area contributed by atoms with Crippen molar-refractivity contribution in [3.63, 3.8) is 0 Å². The van der Waals surface area contributed by atoms with Gasteiger partial charge in [0.1, 0.15) is 0 Å². The first-order valence-electron chi connectivity index (χ1n) is 6.57. The van der Waals surface area contributed by atoms with Crippen molar-refractivity contribution in [2.24, 2.45) is 5.92 Å². The summed E-state index contributed by atoms with van der Waals surface area (Å²) in [6.45, 7) is 3.14. The van der Waals surface area contributed by atoms with E-state index >= 15 is 0 Å². The van der Waals surface area contributed by atoms with E-state index in [1.807, 2.05) is 5.01 Å². The average molecular weight is 239 g/mol. The van der Waals surface area contributed by atoms with Crippen molar-refractivity contribution in [1.82, 2.24) is 15.3 Å². The summed E-state index contributed by atoms with van der Waals surface area (Å²) >= 11 is 0. The van der Waals surface area contributed by atoms with Gasteiger partial charge in [-0.1, -0.05) is 19.3 Å². The van der Waals surface area contributed by atoms with Crippen LogP contribution in [0.15, 0.2) is 0 Å². The van der Waals surface area contributed by atoms with Gasteiger partial charge in [0.25, 0.3) is 0 Å². The number of nitrogens with one attached hydrogen (secondary N) is 1. The predicted molar refractivity (Wildman–Crippen MR) is 63.9 cm³/mol. The average Bonchev–Trinajstić information content (AvgIpc) is 2.42. The van der Waals surface area contributed by atoms with Crippen LogP contribution in [0.5, 0.6) is 0 Å². The molecule has 2 rings (SSSR count). The van der Waals surface area contributed by atoms with Crippen LogP contribution in [0.3, 0.4) is 0 Å². The number of nitrogens with zero attached hydrogens (tertiary/aromatic N) is 2. The van der Waals surface area contributed by atoms with E-state index in [4.69, 9.17) is 0 Å². The van der Waals surface area contributed by atoms with Gasteiger partial charge in [-0.05, 0) is 12.8 Å². The maximum atomic E-state index is 12.3. The Labute approximate surface area is 102 Å². The van der Waals surface area contributed by atoms with E-state index in [0.717, 1.165) is 51.9 Å². The van der Waals surface area contributed by atoms with Crippen molar-refractivity contribution in [3.05, 3.63) is 0 Å². The van der Waals surface area contributed by atoms with E-state index in [2.05, 4.69) is 5.32 Å². The van der Waals surface area contributed by atoms with Crippen molar-refractivity contribution in [3.8, 4) is 0 Å². The molecule has 0 unspecified atom stereocenters. The van der Waals surface area contributed by atoms with Crippen LogP contribution in [-0.2, 0) is 9.59 Å². The minimum absolute atomic E-state index is 0.00148. The molecule has 2 amide bonds. The summed E-state index contributed by atoms with van der Waals surface area (Å²) in [5, 5.41) is 6.39. The third kappa shape index (κ3) is 3.04. The molecule has 2 aliphatic rings. The largest absolute Gasteiger partial charge is 0.314 e. The molecule has 0 bridgehead atoms. The second-order valence-electron chi connectivity index (χ2n) is 4.83. The number of carbonyl (C=O) groups excluding carboxylic acids is 2. The molecule has 5 heteroatoms. The highest BCUT2D eigenvalue weighted by Gasteiger charge is 2.29. The summed E-state index contributed by atoms with van der Waals surface area (Å²) in [4.78, 5) is 23.4. The molecule has 1 saturated heterocycles. The van der Waals surface area contributed by atoms with Gasteiger partial charge in [0.2, 0.25) is 12.3 Å². The van der Waals surface area contributed by atoms with Crippen LogP contribution in [0.25, 0.3) is 0 Å². The maximum Gasteiger partial charge on any atom is 0.246 e. The molecule has 17 heavy (non-hydrogen) atoms. The second-order valence-corrected chi connectivity index (χ2v) is 4.83. The molecule has 1 saturated carbocycles. The SMILES string of the molecule is O=CN(C(=O)C1CCCCC1)N1CCNCC1. The molecule has 0 radical (unpaired) electrons. The number of amides is 2. The molecule has 1 N–H and O–H groups in total. The Bertz CT molecular complexity index is 271. The molecule has 0 aromatic rings. The summed E-state index contributed by atoms with van der Waals surface area (Å²) in [5.74, 6) is 0.0606. The lowest BCUT2D eigenvalue weighted by atomic mass is 9.88. The lowest BCUT2D eigenvalue weighted by Crippen LogP contribution is -2.55. The van der Waals surface area contributed by atoms with Crippen LogP contribution in [0.4, 0.5) is 0 Å². The number of hydrazine groups is 1. The van der Waals surface area contributed by atoms with Gasteiger partial charge in [0.15, 0.2) is 0 Å². The van der Waals surface area contributed by atoms with Crippen LogP contribution >= 0.6 is 0 Å². The van der Waals surface area contributed by atoms with E-state index in [1.165, 1.54) is 11.4 Å². The lowest BCUT2D eigenvalue weighted by Gasteiger charge is -2.36. The van der Waals surface area contributed by atoms with E-state index in [9.17, 15) is 9.59 Å². The predicted octanol–water partition coefficient (Wildman–Crippen LogP) is 0.372. The van der Waals surface area contributed by atoms with Gasteiger partial charge in [-0.3, -0.25) is 9.59 Å². The zero-order chi connectivity index (χ0) is 12.1. The Balaban J connectivity index is 1.95. The number of piperazine rings is 1. The van der Waals surface area contributed by atoms with Gasteiger partial charge in [0, 0.05) is 32.1 Å². The lowest BCUT2D eigenvalue weighted by molar-refractivity contribution is -0.161. The van der Waals surface area contributed by atoms with Gasteiger partial charge in [-0.2, -0.15) is 0 Å². The maximum absolute atomic E-state index is 12.3. The van der Waals surface area contributed by atoms with Crippen LogP contribution < -0.4 is 5.32 Å². The van der Waals surface area contributed by atoms with Gasteiger partial charge >= 0.3 is 0 Å². The first-order chi connectivity index (χ1) is 8.33. The van der Waals surface area contributed by atoms with Crippen molar-refractivity contribution >= 4 is 12.3 Å². The molecule has 1 aliphatic carbocycles. The smallest absolute Gasteiger partial charge is 0.246 e. The molecule has 0 aromatic carbocycles. The van der Waals surface area contributed by atoms with Gasteiger partial charge in [-0.25, -0.2) is 10.0 Å². The fraction of sp³-hybridized carbons (Fsp3) is 0.833. The normalized spacial score (nSPS) is 23.3. The quantitative estimate of drug-likeness (QED) is 0.723. The highest BCUT2D eigenvalue weighted by molar-refractivity contribution is 5.87. The molecule has 1 aliphatic heterocycles. The standard InChI is InChI=1S/C12H21N3O2/c16-10-15(14-8-6-13-7-9-14)12(17)11-4-2-1-3-5-11/h10-11,13H,1-9H2. The first kappa shape index (κ1) is 12.5. The molecule has 2 fully saturated rings. The zero-order valence-corrected chi connectivity index (χ0v) is 10.2. The summed E-state index contributed by atoms with van der Waals surface area (Å²) in [6.07, 6.45) is 6.01. The van der Waals surface area contributed by atoms with E-state index in [0.29, 0.717) is 6.41 Å². The Morgan fingerprint density at radius 3 is 2.41 bits per heavy atom. The minimum atomic E-state index is 0.00148.